The van der Waals surface area contributed by atoms with E-state index in [1.54, 1.807) is 0 Å². The molecule has 0 radical (unpaired) electrons. The van der Waals surface area contributed by atoms with Gasteiger partial charge in [0.05, 0.1) is 0 Å². The summed E-state index contributed by atoms with van der Waals surface area (Å²) < 4.78 is 10.8. The first-order valence-electron chi connectivity index (χ1n) is 7.27. The summed E-state index contributed by atoms with van der Waals surface area (Å²) in [5, 5.41) is 0. The molecule has 0 fully saturated rings. The van der Waals surface area contributed by atoms with E-state index in [0.29, 0.717) is 6.79 Å². The van der Waals surface area contributed by atoms with Gasteiger partial charge in [-0.05, 0) is 35.3 Å². The molecule has 4 rings (SSSR count). The predicted octanol–water partition coefficient (Wildman–Crippen LogP) is 3.66. The smallest absolute Gasteiger partial charge is 0.231 e. The quantitative estimate of drug-likeness (QED) is 0.856. The van der Waals surface area contributed by atoms with Gasteiger partial charge in [0.15, 0.2) is 11.5 Å². The van der Waals surface area contributed by atoms with Gasteiger partial charge < -0.3 is 14.4 Å². The molecule has 0 amide bonds. The van der Waals surface area contributed by atoms with Crippen LogP contribution < -0.4 is 9.47 Å². The molecule has 2 aromatic carbocycles. The van der Waals surface area contributed by atoms with Crippen molar-refractivity contribution in [1.29, 1.82) is 0 Å². The van der Waals surface area contributed by atoms with E-state index in [2.05, 4.69) is 53.6 Å². The Hall–Kier alpha value is -2.42. The summed E-state index contributed by atoms with van der Waals surface area (Å²) in [6.45, 7) is 2.37. The van der Waals surface area contributed by atoms with E-state index in [0.717, 1.165) is 31.0 Å². The van der Waals surface area contributed by atoms with Gasteiger partial charge in [-0.2, -0.15) is 0 Å². The monoisotopic (exact) mass is 279 g/mol. The molecule has 0 N–H and O–H groups in total. The van der Waals surface area contributed by atoms with Crippen LogP contribution in [0.4, 0.5) is 0 Å². The van der Waals surface area contributed by atoms with Gasteiger partial charge in [0, 0.05) is 19.3 Å². The Bertz CT molecular complexity index is 679. The number of fused-ring (bicyclic) bond motifs is 1. The van der Waals surface area contributed by atoms with Gasteiger partial charge in [0.2, 0.25) is 6.79 Å². The Morgan fingerprint density at radius 1 is 0.952 bits per heavy atom. The van der Waals surface area contributed by atoms with Crippen LogP contribution in [-0.4, -0.2) is 18.2 Å². The molecule has 0 bridgehead atoms. The minimum Gasteiger partial charge on any atom is -0.454 e. The van der Waals surface area contributed by atoms with Gasteiger partial charge in [-0.25, -0.2) is 0 Å². The molecule has 106 valence electrons. The molecule has 2 aromatic rings. The molecule has 0 atom stereocenters. The largest absolute Gasteiger partial charge is 0.454 e. The van der Waals surface area contributed by atoms with Crippen molar-refractivity contribution in [3.05, 3.63) is 65.9 Å². The molecule has 0 aliphatic carbocycles. The van der Waals surface area contributed by atoms with E-state index in [9.17, 15) is 0 Å². The fourth-order valence-corrected chi connectivity index (χ4v) is 2.87. The van der Waals surface area contributed by atoms with Crippen LogP contribution in [0.1, 0.15) is 17.5 Å². The van der Waals surface area contributed by atoms with Gasteiger partial charge in [0.1, 0.15) is 0 Å². The molecule has 21 heavy (non-hydrogen) atoms. The summed E-state index contributed by atoms with van der Waals surface area (Å²) in [5.74, 6) is 1.70. The highest BCUT2D eigenvalue weighted by molar-refractivity contribution is 5.69. The summed E-state index contributed by atoms with van der Waals surface area (Å²) in [5.41, 5.74) is 3.94. The first-order chi connectivity index (χ1) is 10.4. The van der Waals surface area contributed by atoms with Crippen LogP contribution in [-0.2, 0) is 6.54 Å². The third kappa shape index (κ3) is 2.47. The summed E-state index contributed by atoms with van der Waals surface area (Å²) in [6, 6.07) is 16.8. The van der Waals surface area contributed by atoms with Crippen molar-refractivity contribution in [3.63, 3.8) is 0 Å². The molecule has 2 aliphatic rings. The second kappa shape index (κ2) is 5.17. The van der Waals surface area contributed by atoms with Gasteiger partial charge in [-0.15, -0.1) is 0 Å². The number of benzene rings is 2. The molecule has 0 aromatic heterocycles. The average Bonchev–Trinajstić information content (AvgIpc) is 3.16. The second-order valence-electron chi connectivity index (χ2n) is 5.43. The van der Waals surface area contributed by atoms with Crippen LogP contribution in [0.2, 0.25) is 0 Å². The number of ether oxygens (including phenoxy) is 2. The lowest BCUT2D eigenvalue weighted by molar-refractivity contribution is 0.174. The van der Waals surface area contributed by atoms with Crippen molar-refractivity contribution >= 4 is 5.57 Å². The molecule has 2 aliphatic heterocycles. The van der Waals surface area contributed by atoms with E-state index < -0.39 is 0 Å². The normalized spacial score (nSPS) is 16.2. The van der Waals surface area contributed by atoms with E-state index >= 15 is 0 Å². The van der Waals surface area contributed by atoms with Gasteiger partial charge >= 0.3 is 0 Å². The van der Waals surface area contributed by atoms with Crippen molar-refractivity contribution in [2.75, 3.05) is 13.3 Å². The maximum Gasteiger partial charge on any atom is 0.231 e. The fourth-order valence-electron chi connectivity index (χ4n) is 2.87. The maximum atomic E-state index is 5.46. The molecule has 2 heterocycles. The predicted molar refractivity (Wildman–Crippen MR) is 82.0 cm³/mol. The minimum absolute atomic E-state index is 0.331. The first-order valence-corrected chi connectivity index (χ1v) is 7.27. The van der Waals surface area contributed by atoms with Gasteiger partial charge in [0.25, 0.3) is 0 Å². The molecule has 0 spiro atoms. The lowest BCUT2D eigenvalue weighted by atomic mass is 10.1. The van der Waals surface area contributed by atoms with E-state index in [-0.39, 0.29) is 0 Å². The molecular formula is C18H17NO2. The highest BCUT2D eigenvalue weighted by Crippen LogP contribution is 2.36. The molecule has 3 heteroatoms. The zero-order valence-corrected chi connectivity index (χ0v) is 11.8. The van der Waals surface area contributed by atoms with Crippen molar-refractivity contribution in [2.24, 2.45) is 0 Å². The first kappa shape index (κ1) is 12.3. The molecular weight excluding hydrogens is 262 g/mol. The Balaban J connectivity index is 1.52. The number of rotatable bonds is 3. The Labute approximate surface area is 124 Å². The standard InChI is InChI=1S/C18H17NO2/c1-2-4-14(5-3-1)11-19-9-8-16(12-19)15-6-7-17-18(10-15)21-13-20-17/h1-7,10,12H,8-9,11,13H2. The molecule has 3 nitrogen and oxygen atoms in total. The van der Waals surface area contributed by atoms with Crippen LogP contribution >= 0.6 is 0 Å². The van der Waals surface area contributed by atoms with Crippen LogP contribution in [0.3, 0.4) is 0 Å². The summed E-state index contributed by atoms with van der Waals surface area (Å²) >= 11 is 0. The number of hydrogen-bond donors (Lipinski definition) is 0. The lowest BCUT2D eigenvalue weighted by Gasteiger charge is -2.14. The van der Waals surface area contributed by atoms with Crippen molar-refractivity contribution in [3.8, 4) is 11.5 Å². The Kier molecular flexibility index (Phi) is 3.03. The van der Waals surface area contributed by atoms with E-state index in [4.69, 9.17) is 9.47 Å². The lowest BCUT2D eigenvalue weighted by Crippen LogP contribution is -2.13. The third-order valence-electron chi connectivity index (χ3n) is 3.98. The highest BCUT2D eigenvalue weighted by atomic mass is 16.7. The van der Waals surface area contributed by atoms with E-state index in [1.807, 2.05) is 6.07 Å². The second-order valence-corrected chi connectivity index (χ2v) is 5.43. The molecule has 0 saturated heterocycles. The highest BCUT2D eigenvalue weighted by Gasteiger charge is 2.18. The zero-order chi connectivity index (χ0) is 14.1. The zero-order valence-electron chi connectivity index (χ0n) is 11.8. The topological polar surface area (TPSA) is 21.7 Å². The van der Waals surface area contributed by atoms with Crippen LogP contribution in [0, 0.1) is 0 Å². The fraction of sp³-hybridized carbons (Fsp3) is 0.222. The molecule has 0 saturated carbocycles. The van der Waals surface area contributed by atoms with Crippen molar-refractivity contribution < 1.29 is 9.47 Å². The Morgan fingerprint density at radius 2 is 1.81 bits per heavy atom. The summed E-state index contributed by atoms with van der Waals surface area (Å²) in [4.78, 5) is 2.37. The summed E-state index contributed by atoms with van der Waals surface area (Å²) in [7, 11) is 0. The van der Waals surface area contributed by atoms with E-state index in [1.165, 1.54) is 16.7 Å². The number of hydrogen-bond acceptors (Lipinski definition) is 3. The Morgan fingerprint density at radius 3 is 2.71 bits per heavy atom. The van der Waals surface area contributed by atoms with Crippen molar-refractivity contribution in [1.82, 2.24) is 4.90 Å². The third-order valence-corrected chi connectivity index (χ3v) is 3.98. The van der Waals surface area contributed by atoms with Crippen LogP contribution in [0.25, 0.3) is 5.57 Å². The van der Waals surface area contributed by atoms with Crippen LogP contribution in [0.15, 0.2) is 54.7 Å². The average molecular weight is 279 g/mol. The van der Waals surface area contributed by atoms with Crippen molar-refractivity contribution in [2.45, 2.75) is 13.0 Å². The summed E-state index contributed by atoms with van der Waals surface area (Å²) in [6.07, 6.45) is 3.34. The molecule has 0 unspecified atom stereocenters. The van der Waals surface area contributed by atoms with Crippen LogP contribution in [0.5, 0.6) is 11.5 Å². The minimum atomic E-state index is 0.331. The number of nitrogens with zero attached hydrogens (tertiary/aromatic N) is 1. The van der Waals surface area contributed by atoms with Gasteiger partial charge in [-0.3, -0.25) is 0 Å². The van der Waals surface area contributed by atoms with Gasteiger partial charge in [-0.1, -0.05) is 36.4 Å². The SMILES string of the molecule is C1=C(c2ccc3c(c2)OCO3)CCN1Cc1ccccc1. The maximum absolute atomic E-state index is 5.46.